The minimum atomic E-state index is -3.93. The van der Waals surface area contributed by atoms with E-state index in [9.17, 15) is 31.2 Å². The van der Waals surface area contributed by atoms with E-state index in [1.165, 1.54) is 36.4 Å². The number of amides is 3. The van der Waals surface area contributed by atoms with Crippen molar-refractivity contribution in [1.29, 1.82) is 0 Å². The van der Waals surface area contributed by atoms with Gasteiger partial charge in [-0.3, -0.25) is 19.3 Å². The number of benzene rings is 2. The summed E-state index contributed by atoms with van der Waals surface area (Å²) in [5, 5.41) is 2.52. The Morgan fingerprint density at radius 1 is 1.00 bits per heavy atom. The number of sulfonamides is 1. The van der Waals surface area contributed by atoms with Crippen molar-refractivity contribution < 1.29 is 31.2 Å². The summed E-state index contributed by atoms with van der Waals surface area (Å²) < 4.78 is 50.4. The maximum Gasteiger partial charge on any atom is 0.262 e. The molecule has 1 atom stereocenters. The monoisotopic (exact) mass is 477 g/mol. The summed E-state index contributed by atoms with van der Waals surface area (Å²) in [5.74, 6) is -2.02. The van der Waals surface area contributed by atoms with E-state index in [4.69, 9.17) is 0 Å². The van der Waals surface area contributed by atoms with Crippen LogP contribution in [0.2, 0.25) is 0 Å². The summed E-state index contributed by atoms with van der Waals surface area (Å²) in [4.78, 5) is 37.8. The van der Waals surface area contributed by atoms with Crippen molar-refractivity contribution in [2.45, 2.75) is 17.4 Å². The molecule has 2 aromatic rings. The van der Waals surface area contributed by atoms with Crippen molar-refractivity contribution in [2.24, 2.45) is 0 Å². The zero-order valence-electron chi connectivity index (χ0n) is 16.6. The number of rotatable bonds is 6. The molecule has 1 saturated heterocycles. The van der Waals surface area contributed by atoms with Crippen LogP contribution in [-0.2, 0) is 24.7 Å². The Bertz CT molecular complexity index is 1280. The van der Waals surface area contributed by atoms with Gasteiger partial charge in [-0.05, 0) is 42.8 Å². The molecule has 0 aromatic heterocycles. The van der Waals surface area contributed by atoms with Crippen LogP contribution in [0.25, 0.3) is 0 Å². The molecule has 2 aromatic carbocycles. The molecule has 1 fully saturated rings. The van der Waals surface area contributed by atoms with Crippen molar-refractivity contribution in [3.63, 3.8) is 0 Å². The van der Waals surface area contributed by atoms with Gasteiger partial charge >= 0.3 is 0 Å². The highest BCUT2D eigenvalue weighted by Gasteiger charge is 2.36. The van der Waals surface area contributed by atoms with Crippen LogP contribution in [0.5, 0.6) is 0 Å². The first-order chi connectivity index (χ1) is 15.1. The quantitative estimate of drug-likeness (QED) is 0.572. The molecule has 2 heterocycles. The highest BCUT2D eigenvalue weighted by molar-refractivity contribution is 7.92. The molecule has 10 nitrogen and oxygen atoms in total. The Hall–Kier alpha value is -3.09. The average Bonchev–Trinajstić information content (AvgIpc) is 3.19. The van der Waals surface area contributed by atoms with Gasteiger partial charge in [-0.15, -0.1) is 0 Å². The molecule has 0 bridgehead atoms. The first-order valence-corrected chi connectivity index (χ1v) is 12.9. The Morgan fingerprint density at radius 3 is 2.12 bits per heavy atom. The maximum absolute atomic E-state index is 12.5. The zero-order chi connectivity index (χ0) is 23.1. The van der Waals surface area contributed by atoms with Gasteiger partial charge in [-0.1, -0.05) is 12.1 Å². The van der Waals surface area contributed by atoms with Gasteiger partial charge in [0.2, 0.25) is 15.9 Å². The molecule has 0 saturated carbocycles. The van der Waals surface area contributed by atoms with E-state index in [0.29, 0.717) is 0 Å². The highest BCUT2D eigenvalue weighted by atomic mass is 32.2. The predicted molar refractivity (Wildman–Crippen MR) is 114 cm³/mol. The van der Waals surface area contributed by atoms with Gasteiger partial charge in [0.05, 0.1) is 27.5 Å². The third-order valence-electron chi connectivity index (χ3n) is 5.18. The minimum absolute atomic E-state index is 0.0573. The molecule has 168 valence electrons. The normalized spacial score (nSPS) is 19.8. The number of nitrogens with one attached hydrogen (secondary N) is 2. The van der Waals surface area contributed by atoms with Crippen LogP contribution < -0.4 is 10.0 Å². The molecule has 1 unspecified atom stereocenters. The van der Waals surface area contributed by atoms with E-state index < -0.39 is 50.2 Å². The fourth-order valence-corrected chi connectivity index (χ4v) is 6.67. The van der Waals surface area contributed by atoms with E-state index >= 15 is 0 Å². The Labute approximate surface area is 184 Å². The molecule has 2 aliphatic heterocycles. The lowest BCUT2D eigenvalue weighted by Gasteiger charge is -2.14. The molecule has 2 aliphatic rings. The molecule has 12 heteroatoms. The largest absolute Gasteiger partial charge is 0.325 e. The summed E-state index contributed by atoms with van der Waals surface area (Å²) in [6.45, 7) is -0.482. The van der Waals surface area contributed by atoms with Crippen LogP contribution in [0.4, 0.5) is 5.69 Å². The van der Waals surface area contributed by atoms with Crippen LogP contribution in [0.1, 0.15) is 27.1 Å². The van der Waals surface area contributed by atoms with Gasteiger partial charge in [0.15, 0.2) is 9.84 Å². The summed E-state index contributed by atoms with van der Waals surface area (Å²) in [6.07, 6.45) is 0.216. The lowest BCUT2D eigenvalue weighted by Crippen LogP contribution is -2.37. The second-order valence-corrected chi connectivity index (χ2v) is 11.5. The van der Waals surface area contributed by atoms with E-state index in [1.807, 2.05) is 0 Å². The Balaban J connectivity index is 1.38. The smallest absolute Gasteiger partial charge is 0.262 e. The Morgan fingerprint density at radius 2 is 1.59 bits per heavy atom. The molecule has 32 heavy (non-hydrogen) atoms. The standard InChI is InChI=1S/C20H19N3O7S2/c24-18(11-23-19(25)16-3-1-2-4-17(16)20(23)26)21-13-5-7-15(8-6-13)32(29,30)22-14-9-10-31(27,28)12-14/h1-8,14,22H,9-12H2,(H,21,24). The van der Waals surface area contributed by atoms with Gasteiger partial charge in [0.1, 0.15) is 6.54 Å². The first kappa shape index (κ1) is 22.1. The highest BCUT2D eigenvalue weighted by Crippen LogP contribution is 2.22. The lowest BCUT2D eigenvalue weighted by atomic mass is 10.1. The van der Waals surface area contributed by atoms with Crippen LogP contribution in [0.3, 0.4) is 0 Å². The summed E-state index contributed by atoms with van der Waals surface area (Å²) in [5.41, 5.74) is 0.749. The lowest BCUT2D eigenvalue weighted by molar-refractivity contribution is -0.116. The van der Waals surface area contributed by atoms with Crippen molar-refractivity contribution in [2.75, 3.05) is 23.4 Å². The average molecular weight is 478 g/mol. The molecule has 3 amide bonds. The van der Waals surface area contributed by atoms with Gasteiger partial charge in [-0.2, -0.15) is 0 Å². The van der Waals surface area contributed by atoms with E-state index in [1.54, 1.807) is 12.1 Å². The van der Waals surface area contributed by atoms with Crippen LogP contribution in [0.15, 0.2) is 53.4 Å². The Kier molecular flexibility index (Phi) is 5.61. The van der Waals surface area contributed by atoms with E-state index in [0.717, 1.165) is 4.90 Å². The number of fused-ring (bicyclic) bond motifs is 1. The van der Waals surface area contributed by atoms with Crippen molar-refractivity contribution in [1.82, 2.24) is 9.62 Å². The van der Waals surface area contributed by atoms with Crippen LogP contribution >= 0.6 is 0 Å². The number of hydrogen-bond donors (Lipinski definition) is 2. The SMILES string of the molecule is O=C(CN1C(=O)c2ccccc2C1=O)Nc1ccc(S(=O)(=O)NC2CCS(=O)(=O)C2)cc1. The summed E-state index contributed by atoms with van der Waals surface area (Å²) in [6, 6.07) is 10.9. The molecule has 0 spiro atoms. The molecular weight excluding hydrogens is 458 g/mol. The van der Waals surface area contributed by atoms with Gasteiger partial charge in [0.25, 0.3) is 11.8 Å². The number of imide groups is 1. The topological polar surface area (TPSA) is 147 Å². The fourth-order valence-electron chi connectivity index (χ4n) is 3.62. The zero-order valence-corrected chi connectivity index (χ0v) is 18.3. The molecule has 0 aliphatic carbocycles. The van der Waals surface area contributed by atoms with Gasteiger partial charge in [-0.25, -0.2) is 21.6 Å². The van der Waals surface area contributed by atoms with E-state index in [2.05, 4.69) is 10.0 Å². The number of sulfone groups is 1. The predicted octanol–water partition coefficient (Wildman–Crippen LogP) is 0.387. The number of nitrogens with zero attached hydrogens (tertiary/aromatic N) is 1. The second kappa shape index (κ2) is 8.11. The van der Waals surface area contributed by atoms with Crippen molar-refractivity contribution in [3.8, 4) is 0 Å². The number of carbonyl (C=O) groups excluding carboxylic acids is 3. The molecule has 2 N–H and O–H groups in total. The fraction of sp³-hybridized carbons (Fsp3) is 0.250. The number of carbonyl (C=O) groups is 3. The van der Waals surface area contributed by atoms with Gasteiger partial charge in [0, 0.05) is 11.7 Å². The first-order valence-electron chi connectivity index (χ1n) is 9.64. The minimum Gasteiger partial charge on any atom is -0.325 e. The van der Waals surface area contributed by atoms with Crippen molar-refractivity contribution >= 4 is 43.3 Å². The van der Waals surface area contributed by atoms with Gasteiger partial charge < -0.3 is 5.32 Å². The van der Waals surface area contributed by atoms with Crippen LogP contribution in [0, 0.1) is 0 Å². The third kappa shape index (κ3) is 4.42. The third-order valence-corrected chi connectivity index (χ3v) is 8.49. The molecule has 0 radical (unpaired) electrons. The summed E-state index contributed by atoms with van der Waals surface area (Å²) >= 11 is 0. The van der Waals surface area contributed by atoms with Crippen LogP contribution in [-0.4, -0.2) is 63.5 Å². The maximum atomic E-state index is 12.5. The summed E-state index contributed by atoms with van der Waals surface area (Å²) in [7, 11) is -7.16. The van der Waals surface area contributed by atoms with E-state index in [-0.39, 0.29) is 39.6 Å². The van der Waals surface area contributed by atoms with Crippen molar-refractivity contribution in [3.05, 3.63) is 59.7 Å². The second-order valence-electron chi connectivity index (χ2n) is 7.54. The number of anilines is 1. The molecular formula is C20H19N3O7S2. The number of hydrogen-bond acceptors (Lipinski definition) is 7. The molecule has 4 rings (SSSR count).